The highest BCUT2D eigenvalue weighted by Gasteiger charge is 2.22. The molecule has 3 aromatic carbocycles. The van der Waals surface area contributed by atoms with Crippen LogP contribution in [-0.4, -0.2) is 46.1 Å². The number of nitrogens with one attached hydrogen (secondary N) is 1. The molecular formula is C22H24N2O3S. The predicted molar refractivity (Wildman–Crippen MR) is 111 cm³/mol. The molecule has 1 fully saturated rings. The second-order valence-corrected chi connectivity index (χ2v) is 8.68. The Morgan fingerprint density at radius 2 is 1.71 bits per heavy atom. The van der Waals surface area contributed by atoms with Gasteiger partial charge in [0, 0.05) is 31.6 Å². The van der Waals surface area contributed by atoms with E-state index in [1.54, 1.807) is 12.1 Å². The highest BCUT2D eigenvalue weighted by atomic mass is 32.2. The number of ether oxygens (including phenoxy) is 1. The Balaban J connectivity index is 1.39. The standard InChI is InChI=1S/C22H24N2O3S/c25-28(26,22-12-6-10-18-7-4-5-11-20(18)22)23-13-14-24-15-16-27-21(17-24)19-8-2-1-3-9-19/h1-12,21,23H,13-17H2/t21-/m1/s1. The van der Waals surface area contributed by atoms with Gasteiger partial charge in [-0.2, -0.15) is 0 Å². The van der Waals surface area contributed by atoms with Gasteiger partial charge in [0.05, 0.1) is 17.6 Å². The van der Waals surface area contributed by atoms with E-state index in [4.69, 9.17) is 4.74 Å². The third-order valence-corrected chi connectivity index (χ3v) is 6.60. The zero-order valence-corrected chi connectivity index (χ0v) is 16.4. The first-order valence-electron chi connectivity index (χ1n) is 9.50. The SMILES string of the molecule is O=S(=O)(NCCN1CCO[C@@H](c2ccccc2)C1)c1cccc2ccccc12. The number of hydrogen-bond acceptors (Lipinski definition) is 4. The van der Waals surface area contributed by atoms with Crippen molar-refractivity contribution >= 4 is 20.8 Å². The Bertz CT molecular complexity index is 1030. The van der Waals surface area contributed by atoms with Crippen molar-refractivity contribution in [1.29, 1.82) is 0 Å². The Hall–Kier alpha value is -2.25. The minimum Gasteiger partial charge on any atom is -0.371 e. The van der Waals surface area contributed by atoms with Crippen LogP contribution in [0.25, 0.3) is 10.8 Å². The van der Waals surface area contributed by atoms with Crippen molar-refractivity contribution in [3.8, 4) is 0 Å². The van der Waals surface area contributed by atoms with Gasteiger partial charge in [-0.3, -0.25) is 4.90 Å². The molecular weight excluding hydrogens is 372 g/mol. The van der Waals surface area contributed by atoms with Crippen LogP contribution in [0.2, 0.25) is 0 Å². The lowest BCUT2D eigenvalue weighted by Crippen LogP contribution is -2.42. The first kappa shape index (κ1) is 19.1. The first-order chi connectivity index (χ1) is 13.6. The lowest BCUT2D eigenvalue weighted by Gasteiger charge is -2.33. The van der Waals surface area contributed by atoms with E-state index in [9.17, 15) is 8.42 Å². The van der Waals surface area contributed by atoms with Crippen LogP contribution in [0.3, 0.4) is 0 Å². The van der Waals surface area contributed by atoms with E-state index in [1.807, 2.05) is 48.5 Å². The first-order valence-corrected chi connectivity index (χ1v) is 11.0. The van der Waals surface area contributed by atoms with Crippen LogP contribution in [0.1, 0.15) is 11.7 Å². The Morgan fingerprint density at radius 3 is 2.57 bits per heavy atom. The monoisotopic (exact) mass is 396 g/mol. The number of morpholine rings is 1. The van der Waals surface area contributed by atoms with Gasteiger partial charge < -0.3 is 4.74 Å². The van der Waals surface area contributed by atoms with Crippen molar-refractivity contribution in [3.63, 3.8) is 0 Å². The van der Waals surface area contributed by atoms with Gasteiger partial charge in [0.15, 0.2) is 0 Å². The molecule has 6 heteroatoms. The summed E-state index contributed by atoms with van der Waals surface area (Å²) in [6.07, 6.45) is 0.0321. The Labute approximate surface area is 166 Å². The maximum absolute atomic E-state index is 12.8. The van der Waals surface area contributed by atoms with Crippen molar-refractivity contribution in [3.05, 3.63) is 78.4 Å². The Morgan fingerprint density at radius 1 is 0.964 bits per heavy atom. The molecule has 0 radical (unpaired) electrons. The molecule has 0 saturated carbocycles. The second kappa shape index (κ2) is 8.41. The van der Waals surface area contributed by atoms with Crippen LogP contribution in [0.5, 0.6) is 0 Å². The molecule has 1 aliphatic heterocycles. The molecule has 0 amide bonds. The minimum atomic E-state index is -3.56. The summed E-state index contributed by atoms with van der Waals surface area (Å²) in [4.78, 5) is 2.57. The summed E-state index contributed by atoms with van der Waals surface area (Å²) in [5, 5.41) is 1.66. The molecule has 1 saturated heterocycles. The van der Waals surface area contributed by atoms with Gasteiger partial charge in [-0.1, -0.05) is 66.7 Å². The van der Waals surface area contributed by atoms with E-state index >= 15 is 0 Å². The van der Waals surface area contributed by atoms with Crippen LogP contribution in [-0.2, 0) is 14.8 Å². The third kappa shape index (κ3) is 4.25. The minimum absolute atomic E-state index is 0.0321. The number of rotatable bonds is 6. The van der Waals surface area contributed by atoms with E-state index in [2.05, 4.69) is 21.8 Å². The summed E-state index contributed by atoms with van der Waals surface area (Å²) in [6, 6.07) is 23.0. The molecule has 1 heterocycles. The average molecular weight is 397 g/mol. The zero-order valence-electron chi connectivity index (χ0n) is 15.6. The van der Waals surface area contributed by atoms with Crippen LogP contribution < -0.4 is 4.72 Å². The maximum Gasteiger partial charge on any atom is 0.241 e. The summed E-state index contributed by atoms with van der Waals surface area (Å²) >= 11 is 0. The van der Waals surface area contributed by atoms with Crippen LogP contribution in [0.4, 0.5) is 0 Å². The largest absolute Gasteiger partial charge is 0.371 e. The van der Waals surface area contributed by atoms with E-state index in [1.165, 1.54) is 0 Å². The molecule has 0 aromatic heterocycles. The number of nitrogens with zero attached hydrogens (tertiary/aromatic N) is 1. The molecule has 0 aliphatic carbocycles. The van der Waals surface area contributed by atoms with Crippen LogP contribution >= 0.6 is 0 Å². The summed E-state index contributed by atoms with van der Waals surface area (Å²) in [7, 11) is -3.56. The zero-order chi connectivity index (χ0) is 19.4. The molecule has 3 aromatic rings. The lowest BCUT2D eigenvalue weighted by molar-refractivity contribution is -0.0291. The number of fused-ring (bicyclic) bond motifs is 1. The normalized spacial score (nSPS) is 18.4. The lowest BCUT2D eigenvalue weighted by atomic mass is 10.1. The molecule has 1 N–H and O–H groups in total. The molecule has 146 valence electrons. The van der Waals surface area contributed by atoms with Crippen LogP contribution in [0.15, 0.2) is 77.7 Å². The average Bonchev–Trinajstić information content (AvgIpc) is 2.74. The molecule has 5 nitrogen and oxygen atoms in total. The molecule has 0 bridgehead atoms. The summed E-state index contributed by atoms with van der Waals surface area (Å²) in [6.45, 7) is 3.23. The molecule has 0 unspecified atom stereocenters. The number of hydrogen-bond donors (Lipinski definition) is 1. The van der Waals surface area contributed by atoms with E-state index in [0.29, 0.717) is 24.6 Å². The fourth-order valence-corrected chi connectivity index (χ4v) is 4.87. The summed E-state index contributed by atoms with van der Waals surface area (Å²) in [5.74, 6) is 0. The highest BCUT2D eigenvalue weighted by molar-refractivity contribution is 7.89. The van der Waals surface area contributed by atoms with Crippen LogP contribution in [0, 0.1) is 0 Å². The van der Waals surface area contributed by atoms with E-state index in [0.717, 1.165) is 29.4 Å². The molecule has 0 spiro atoms. The van der Waals surface area contributed by atoms with Crippen molar-refractivity contribution in [2.75, 3.05) is 32.8 Å². The van der Waals surface area contributed by atoms with Gasteiger partial charge in [0.1, 0.15) is 0 Å². The van der Waals surface area contributed by atoms with Gasteiger partial charge in [-0.05, 0) is 17.0 Å². The van der Waals surface area contributed by atoms with Crippen molar-refractivity contribution < 1.29 is 13.2 Å². The molecule has 28 heavy (non-hydrogen) atoms. The van der Waals surface area contributed by atoms with Gasteiger partial charge in [0.2, 0.25) is 10.0 Å². The molecule has 4 rings (SSSR count). The number of sulfonamides is 1. The van der Waals surface area contributed by atoms with E-state index < -0.39 is 10.0 Å². The molecule has 1 aliphatic rings. The summed E-state index contributed by atoms with van der Waals surface area (Å²) < 4.78 is 34.3. The summed E-state index contributed by atoms with van der Waals surface area (Å²) in [5.41, 5.74) is 1.16. The smallest absolute Gasteiger partial charge is 0.241 e. The van der Waals surface area contributed by atoms with Crippen molar-refractivity contribution in [2.24, 2.45) is 0 Å². The quantitative estimate of drug-likeness (QED) is 0.695. The predicted octanol–water partition coefficient (Wildman–Crippen LogP) is 3.19. The van der Waals surface area contributed by atoms with Gasteiger partial charge in [-0.25, -0.2) is 13.1 Å². The van der Waals surface area contributed by atoms with Gasteiger partial charge >= 0.3 is 0 Å². The fourth-order valence-electron chi connectivity index (χ4n) is 3.62. The van der Waals surface area contributed by atoms with E-state index in [-0.39, 0.29) is 6.10 Å². The highest BCUT2D eigenvalue weighted by Crippen LogP contribution is 2.23. The second-order valence-electron chi connectivity index (χ2n) is 6.95. The van der Waals surface area contributed by atoms with Crippen molar-refractivity contribution in [2.45, 2.75) is 11.0 Å². The van der Waals surface area contributed by atoms with Gasteiger partial charge in [-0.15, -0.1) is 0 Å². The molecule has 1 atom stereocenters. The fraction of sp³-hybridized carbons (Fsp3) is 0.273. The Kier molecular flexibility index (Phi) is 5.73. The van der Waals surface area contributed by atoms with Crippen molar-refractivity contribution in [1.82, 2.24) is 9.62 Å². The maximum atomic E-state index is 12.8. The van der Waals surface area contributed by atoms with Gasteiger partial charge in [0.25, 0.3) is 0 Å². The third-order valence-electron chi connectivity index (χ3n) is 5.08. The number of benzene rings is 3. The topological polar surface area (TPSA) is 58.6 Å².